The summed E-state index contributed by atoms with van der Waals surface area (Å²) in [5.74, 6) is -0.674. The number of rotatable bonds is 7. The highest BCUT2D eigenvalue weighted by Gasteiger charge is 2.31. The number of hydrogen-bond acceptors (Lipinski definition) is 3. The lowest BCUT2D eigenvalue weighted by molar-refractivity contribution is -0.137. The van der Waals surface area contributed by atoms with Crippen molar-refractivity contribution in [1.82, 2.24) is 5.32 Å². The molecule has 0 aliphatic rings. The Labute approximate surface area is 152 Å². The predicted octanol–water partition coefficient (Wildman–Crippen LogP) is 4.16. The quantitative estimate of drug-likeness (QED) is 0.655. The van der Waals surface area contributed by atoms with Gasteiger partial charge in [0.1, 0.15) is 0 Å². The van der Waals surface area contributed by atoms with E-state index in [0.29, 0.717) is 18.8 Å². The lowest BCUT2D eigenvalue weighted by atomic mass is 10.1. The normalized spacial score (nSPS) is 11.8. The summed E-state index contributed by atoms with van der Waals surface area (Å²) in [6.07, 6.45) is -3.62. The van der Waals surface area contributed by atoms with Crippen LogP contribution in [0.5, 0.6) is 0 Å². The average Bonchev–Trinajstić information content (AvgIpc) is 2.45. The molecular weight excluding hydrogens is 366 g/mol. The number of carbonyl (C=O) groups is 1. The van der Waals surface area contributed by atoms with Crippen LogP contribution in [0.1, 0.15) is 25.8 Å². The molecule has 1 amide bonds. The molecule has 9 heteroatoms. The van der Waals surface area contributed by atoms with Gasteiger partial charge in [0.15, 0.2) is 0 Å². The van der Waals surface area contributed by atoms with E-state index in [4.69, 9.17) is 0 Å². The van der Waals surface area contributed by atoms with E-state index < -0.39 is 11.7 Å². The fourth-order valence-corrected chi connectivity index (χ4v) is 1.89. The second kappa shape index (κ2) is 11.4. The Hall–Kier alpha value is -1.18. The largest absolute Gasteiger partial charge is 0.416 e. The molecule has 0 radical (unpaired) electrons. The van der Waals surface area contributed by atoms with Crippen LogP contribution < -0.4 is 16.0 Å². The van der Waals surface area contributed by atoms with Crippen molar-refractivity contribution in [3.05, 3.63) is 23.8 Å². The Morgan fingerprint density at radius 3 is 2.33 bits per heavy atom. The SMILES string of the molecule is CCCNc1ccc(C(F)(F)F)cc1NC(=O)C(C)CNC.Cl.Cl. The van der Waals surface area contributed by atoms with Gasteiger partial charge >= 0.3 is 6.18 Å². The number of amides is 1. The van der Waals surface area contributed by atoms with E-state index in [1.807, 2.05) is 6.92 Å². The number of hydrogen-bond donors (Lipinski definition) is 3. The van der Waals surface area contributed by atoms with Crippen LogP contribution in [-0.4, -0.2) is 26.0 Å². The number of alkyl halides is 3. The van der Waals surface area contributed by atoms with Gasteiger partial charge in [-0.3, -0.25) is 4.79 Å². The Balaban J connectivity index is 0. The van der Waals surface area contributed by atoms with E-state index in [0.717, 1.165) is 18.6 Å². The number of halogens is 5. The number of nitrogens with one attached hydrogen (secondary N) is 3. The fourth-order valence-electron chi connectivity index (χ4n) is 1.89. The minimum atomic E-state index is -4.45. The fraction of sp³-hybridized carbons (Fsp3) is 0.533. The van der Waals surface area contributed by atoms with Gasteiger partial charge in [-0.25, -0.2) is 0 Å². The molecule has 3 N–H and O–H groups in total. The van der Waals surface area contributed by atoms with Gasteiger partial charge in [0.25, 0.3) is 0 Å². The lowest BCUT2D eigenvalue weighted by Crippen LogP contribution is -2.29. The van der Waals surface area contributed by atoms with Crippen molar-refractivity contribution in [1.29, 1.82) is 0 Å². The summed E-state index contributed by atoms with van der Waals surface area (Å²) in [5.41, 5.74) is -0.151. The van der Waals surface area contributed by atoms with Crippen LogP contribution in [0.2, 0.25) is 0 Å². The molecule has 140 valence electrons. The summed E-state index contributed by atoms with van der Waals surface area (Å²) in [6.45, 7) is 4.71. The molecule has 0 aliphatic heterocycles. The van der Waals surface area contributed by atoms with Crippen molar-refractivity contribution in [3.63, 3.8) is 0 Å². The predicted molar refractivity (Wildman–Crippen MR) is 96.4 cm³/mol. The van der Waals surface area contributed by atoms with Crippen molar-refractivity contribution in [3.8, 4) is 0 Å². The van der Waals surface area contributed by atoms with Crippen LogP contribution in [-0.2, 0) is 11.0 Å². The van der Waals surface area contributed by atoms with Crippen molar-refractivity contribution in [2.45, 2.75) is 26.4 Å². The van der Waals surface area contributed by atoms with Gasteiger partial charge in [0, 0.05) is 19.0 Å². The van der Waals surface area contributed by atoms with Crippen LogP contribution >= 0.6 is 24.8 Å². The molecule has 1 aromatic rings. The molecule has 0 aromatic heterocycles. The van der Waals surface area contributed by atoms with E-state index in [2.05, 4.69) is 16.0 Å². The maximum absolute atomic E-state index is 12.8. The van der Waals surface area contributed by atoms with Crippen LogP contribution in [0.3, 0.4) is 0 Å². The van der Waals surface area contributed by atoms with Gasteiger partial charge in [-0.15, -0.1) is 24.8 Å². The summed E-state index contributed by atoms with van der Waals surface area (Å²) in [5, 5.41) is 8.46. The third-order valence-corrected chi connectivity index (χ3v) is 3.13. The summed E-state index contributed by atoms with van der Waals surface area (Å²) in [4.78, 5) is 12.0. The zero-order valence-electron chi connectivity index (χ0n) is 13.8. The third-order valence-electron chi connectivity index (χ3n) is 3.13. The maximum Gasteiger partial charge on any atom is 0.416 e. The van der Waals surface area contributed by atoms with Gasteiger partial charge in [-0.1, -0.05) is 13.8 Å². The summed E-state index contributed by atoms with van der Waals surface area (Å²) in [6, 6.07) is 3.31. The first kappa shape index (κ1) is 25.1. The van der Waals surface area contributed by atoms with Crippen molar-refractivity contribution < 1.29 is 18.0 Å². The second-order valence-electron chi connectivity index (χ2n) is 5.13. The average molecular weight is 390 g/mol. The van der Waals surface area contributed by atoms with E-state index in [-0.39, 0.29) is 42.3 Å². The van der Waals surface area contributed by atoms with Crippen molar-refractivity contribution >= 4 is 42.1 Å². The Morgan fingerprint density at radius 2 is 1.83 bits per heavy atom. The van der Waals surface area contributed by atoms with Gasteiger partial charge < -0.3 is 16.0 Å². The second-order valence-corrected chi connectivity index (χ2v) is 5.13. The molecule has 1 rings (SSSR count). The lowest BCUT2D eigenvalue weighted by Gasteiger charge is -2.17. The van der Waals surface area contributed by atoms with E-state index in [1.54, 1.807) is 14.0 Å². The summed E-state index contributed by atoms with van der Waals surface area (Å²) < 4.78 is 38.5. The van der Waals surface area contributed by atoms with Crippen LogP contribution in [0, 0.1) is 5.92 Å². The minimum absolute atomic E-state index is 0. The molecule has 0 bridgehead atoms. The molecule has 0 aliphatic carbocycles. The highest BCUT2D eigenvalue weighted by Crippen LogP contribution is 2.34. The van der Waals surface area contributed by atoms with E-state index in [9.17, 15) is 18.0 Å². The molecule has 0 fully saturated rings. The molecule has 4 nitrogen and oxygen atoms in total. The van der Waals surface area contributed by atoms with Crippen molar-refractivity contribution in [2.75, 3.05) is 30.8 Å². The topological polar surface area (TPSA) is 53.2 Å². The summed E-state index contributed by atoms with van der Waals surface area (Å²) >= 11 is 0. The van der Waals surface area contributed by atoms with E-state index in [1.165, 1.54) is 6.07 Å². The molecule has 0 heterocycles. The number of anilines is 2. The third kappa shape index (κ3) is 7.59. The molecule has 0 saturated heterocycles. The van der Waals surface area contributed by atoms with Gasteiger partial charge in [-0.2, -0.15) is 13.2 Å². The van der Waals surface area contributed by atoms with Crippen LogP contribution in [0.25, 0.3) is 0 Å². The van der Waals surface area contributed by atoms with Crippen LogP contribution in [0.4, 0.5) is 24.5 Å². The molecule has 1 atom stereocenters. The highest BCUT2D eigenvalue weighted by molar-refractivity contribution is 5.95. The standard InChI is InChI=1S/C15H22F3N3O.2ClH/c1-4-7-20-12-6-5-11(15(16,17)18)8-13(12)21-14(22)10(2)9-19-3;;/h5-6,8,10,19-20H,4,7,9H2,1-3H3,(H,21,22);2*1H. The molecule has 1 aromatic carbocycles. The Bertz CT molecular complexity index is 513. The molecular formula is C15H24Cl2F3N3O. The van der Waals surface area contributed by atoms with Gasteiger partial charge in [0.2, 0.25) is 5.91 Å². The monoisotopic (exact) mass is 389 g/mol. The van der Waals surface area contributed by atoms with Gasteiger partial charge in [-0.05, 0) is 31.7 Å². The number of benzene rings is 1. The minimum Gasteiger partial charge on any atom is -0.383 e. The first-order valence-electron chi connectivity index (χ1n) is 7.20. The molecule has 0 saturated carbocycles. The van der Waals surface area contributed by atoms with Crippen LogP contribution in [0.15, 0.2) is 18.2 Å². The molecule has 0 spiro atoms. The zero-order chi connectivity index (χ0) is 16.8. The van der Waals surface area contributed by atoms with Gasteiger partial charge in [0.05, 0.1) is 16.9 Å². The first-order valence-corrected chi connectivity index (χ1v) is 7.20. The Kier molecular flexibility index (Phi) is 11.9. The number of carbonyl (C=O) groups excluding carboxylic acids is 1. The Morgan fingerprint density at radius 1 is 1.21 bits per heavy atom. The molecule has 24 heavy (non-hydrogen) atoms. The first-order chi connectivity index (χ1) is 10.3. The molecule has 1 unspecified atom stereocenters. The maximum atomic E-state index is 12.8. The smallest absolute Gasteiger partial charge is 0.383 e. The highest BCUT2D eigenvalue weighted by atomic mass is 35.5. The zero-order valence-corrected chi connectivity index (χ0v) is 15.4. The van der Waals surface area contributed by atoms with E-state index >= 15 is 0 Å². The summed E-state index contributed by atoms with van der Waals surface area (Å²) in [7, 11) is 1.71. The van der Waals surface area contributed by atoms with Crippen molar-refractivity contribution in [2.24, 2.45) is 5.92 Å².